The average molecular weight is 337 g/mol. The number of hydrogen-bond acceptors (Lipinski definition) is 3. The van der Waals surface area contributed by atoms with E-state index >= 15 is 0 Å². The first kappa shape index (κ1) is 12.6. The Kier molecular flexibility index (Phi) is 4.08. The Bertz CT molecular complexity index is 472. The van der Waals surface area contributed by atoms with Gasteiger partial charge in [0.1, 0.15) is 0 Å². The monoisotopic (exact) mass is 335 g/mol. The van der Waals surface area contributed by atoms with Gasteiger partial charge in [-0.15, -0.1) is 22.7 Å². The highest BCUT2D eigenvalue weighted by Crippen LogP contribution is 2.38. The van der Waals surface area contributed by atoms with Crippen molar-refractivity contribution in [1.29, 1.82) is 0 Å². The van der Waals surface area contributed by atoms with Crippen molar-refractivity contribution in [3.8, 4) is 0 Å². The van der Waals surface area contributed by atoms with Crippen molar-refractivity contribution >= 4 is 50.2 Å². The lowest BCUT2D eigenvalue weighted by Crippen LogP contribution is -2.10. The molecule has 0 radical (unpaired) electrons. The maximum Gasteiger partial charge on any atom is 0.0888 e. The van der Waals surface area contributed by atoms with Crippen molar-refractivity contribution in [2.75, 3.05) is 0 Å². The van der Waals surface area contributed by atoms with Gasteiger partial charge in [-0.1, -0.05) is 18.5 Å². The van der Waals surface area contributed by atoms with E-state index in [0.29, 0.717) is 0 Å². The molecule has 86 valence electrons. The molecule has 0 aliphatic carbocycles. The quantitative estimate of drug-likeness (QED) is 0.853. The maximum absolute atomic E-state index is 6.26. The first-order valence-corrected chi connectivity index (χ1v) is 7.76. The molecule has 0 fully saturated rings. The molecule has 0 aliphatic rings. The normalized spacial score (nSPS) is 13.0. The van der Waals surface area contributed by atoms with Gasteiger partial charge in [0.25, 0.3) is 0 Å². The van der Waals surface area contributed by atoms with Gasteiger partial charge < -0.3 is 5.73 Å². The minimum Gasteiger partial charge on any atom is -0.319 e. The fourth-order valence-electron chi connectivity index (χ4n) is 1.56. The Morgan fingerprint density at radius 1 is 1.56 bits per heavy atom. The van der Waals surface area contributed by atoms with Crippen molar-refractivity contribution in [3.05, 3.63) is 41.6 Å². The minimum atomic E-state index is -0.0521. The van der Waals surface area contributed by atoms with Gasteiger partial charge in [-0.3, -0.25) is 0 Å². The summed E-state index contributed by atoms with van der Waals surface area (Å²) in [5.74, 6) is 0. The van der Waals surface area contributed by atoms with Gasteiger partial charge in [0.2, 0.25) is 0 Å². The second-order valence-electron chi connectivity index (χ2n) is 3.41. The van der Waals surface area contributed by atoms with Gasteiger partial charge in [0, 0.05) is 9.75 Å². The first-order valence-electron chi connectivity index (χ1n) is 4.90. The van der Waals surface area contributed by atoms with E-state index in [1.807, 2.05) is 6.07 Å². The minimum absolute atomic E-state index is 0.0521. The highest BCUT2D eigenvalue weighted by Gasteiger charge is 2.17. The van der Waals surface area contributed by atoms with Crippen molar-refractivity contribution in [2.24, 2.45) is 5.73 Å². The van der Waals surface area contributed by atoms with E-state index in [9.17, 15) is 0 Å². The van der Waals surface area contributed by atoms with Crippen LogP contribution in [0.1, 0.15) is 28.3 Å². The SMILES string of the molecule is CCc1ccsc1C(N)c1cc(Cl)c(Br)s1. The van der Waals surface area contributed by atoms with Gasteiger partial charge in [-0.2, -0.15) is 0 Å². The lowest BCUT2D eigenvalue weighted by Gasteiger charge is -2.09. The van der Waals surface area contributed by atoms with E-state index in [0.717, 1.165) is 20.1 Å². The molecule has 0 saturated carbocycles. The van der Waals surface area contributed by atoms with Crippen LogP contribution in [0.15, 0.2) is 21.3 Å². The number of aryl methyl sites for hydroxylation is 1. The molecule has 2 aromatic rings. The van der Waals surface area contributed by atoms with Crippen molar-refractivity contribution in [1.82, 2.24) is 0 Å². The molecule has 2 N–H and O–H groups in total. The van der Waals surface area contributed by atoms with Crippen LogP contribution in [0.4, 0.5) is 0 Å². The molecular formula is C11H11BrClNS2. The maximum atomic E-state index is 6.26. The summed E-state index contributed by atoms with van der Waals surface area (Å²) < 4.78 is 0.953. The van der Waals surface area contributed by atoms with Crippen LogP contribution in [0.3, 0.4) is 0 Å². The second-order valence-corrected chi connectivity index (χ2v) is 7.17. The molecule has 0 amide bonds. The van der Waals surface area contributed by atoms with Crippen LogP contribution in [0.2, 0.25) is 5.02 Å². The molecule has 1 atom stereocenters. The molecule has 5 heteroatoms. The van der Waals surface area contributed by atoms with E-state index in [1.165, 1.54) is 10.4 Å². The van der Waals surface area contributed by atoms with Crippen LogP contribution in [-0.2, 0) is 6.42 Å². The van der Waals surface area contributed by atoms with Crippen LogP contribution in [0.5, 0.6) is 0 Å². The Morgan fingerprint density at radius 2 is 2.31 bits per heavy atom. The largest absolute Gasteiger partial charge is 0.319 e. The molecule has 0 spiro atoms. The first-order chi connectivity index (χ1) is 7.63. The van der Waals surface area contributed by atoms with Crippen LogP contribution in [-0.4, -0.2) is 0 Å². The van der Waals surface area contributed by atoms with E-state index in [4.69, 9.17) is 17.3 Å². The van der Waals surface area contributed by atoms with Gasteiger partial charge in [-0.25, -0.2) is 0 Å². The van der Waals surface area contributed by atoms with Crippen molar-refractivity contribution in [3.63, 3.8) is 0 Å². The zero-order valence-electron chi connectivity index (χ0n) is 8.67. The fraction of sp³-hybridized carbons (Fsp3) is 0.273. The predicted molar refractivity (Wildman–Crippen MR) is 76.8 cm³/mol. The molecule has 2 aromatic heterocycles. The Labute approximate surface area is 116 Å². The third kappa shape index (κ3) is 2.36. The van der Waals surface area contributed by atoms with Gasteiger partial charge in [-0.05, 0) is 45.4 Å². The summed E-state index contributed by atoms with van der Waals surface area (Å²) in [5.41, 5.74) is 7.59. The van der Waals surface area contributed by atoms with Crippen LogP contribution >= 0.6 is 50.2 Å². The lowest BCUT2D eigenvalue weighted by atomic mass is 10.1. The highest BCUT2D eigenvalue weighted by atomic mass is 79.9. The molecule has 1 nitrogen and oxygen atoms in total. The Morgan fingerprint density at radius 3 is 2.88 bits per heavy atom. The third-order valence-corrected chi connectivity index (χ3v) is 6.01. The third-order valence-electron chi connectivity index (χ3n) is 2.41. The number of hydrogen-bond donors (Lipinski definition) is 1. The second kappa shape index (κ2) is 5.19. The van der Waals surface area contributed by atoms with Crippen LogP contribution in [0.25, 0.3) is 0 Å². The average Bonchev–Trinajstić information content (AvgIpc) is 2.85. The standard InChI is InChI=1S/C11H11BrClNS2/c1-2-6-3-4-15-10(6)9(14)8-5-7(13)11(12)16-8/h3-5,9H,2,14H2,1H3. The summed E-state index contributed by atoms with van der Waals surface area (Å²) >= 11 is 12.8. The Balaban J connectivity index is 2.35. The van der Waals surface area contributed by atoms with Gasteiger partial charge >= 0.3 is 0 Å². The predicted octanol–water partition coefficient (Wildman–Crippen LogP) is 4.84. The molecule has 0 aliphatic heterocycles. The van der Waals surface area contributed by atoms with E-state index < -0.39 is 0 Å². The van der Waals surface area contributed by atoms with Crippen molar-refractivity contribution < 1.29 is 0 Å². The summed E-state index contributed by atoms with van der Waals surface area (Å²) in [5, 5.41) is 2.84. The van der Waals surface area contributed by atoms with E-state index in [2.05, 4.69) is 34.3 Å². The summed E-state index contributed by atoms with van der Waals surface area (Å²) in [6, 6.07) is 4.04. The Hall–Kier alpha value is 0.130. The number of nitrogens with two attached hydrogens (primary N) is 1. The molecule has 2 rings (SSSR count). The molecule has 1 unspecified atom stereocenters. The molecule has 2 heterocycles. The number of rotatable bonds is 3. The van der Waals surface area contributed by atoms with Crippen molar-refractivity contribution in [2.45, 2.75) is 19.4 Å². The summed E-state index contributed by atoms with van der Waals surface area (Å²) in [6.45, 7) is 2.15. The fourth-order valence-corrected chi connectivity index (χ4v) is 4.41. The zero-order chi connectivity index (χ0) is 11.7. The highest BCUT2D eigenvalue weighted by molar-refractivity contribution is 9.11. The molecule has 0 aromatic carbocycles. The summed E-state index contributed by atoms with van der Waals surface area (Å²) in [6.07, 6.45) is 1.02. The molecule has 0 bridgehead atoms. The molecule has 16 heavy (non-hydrogen) atoms. The summed E-state index contributed by atoms with van der Waals surface area (Å²) in [4.78, 5) is 2.35. The van der Waals surface area contributed by atoms with E-state index in [1.54, 1.807) is 22.7 Å². The molecular weight excluding hydrogens is 326 g/mol. The van der Waals surface area contributed by atoms with Gasteiger partial charge in [0.05, 0.1) is 14.9 Å². The number of thiophene rings is 2. The van der Waals surface area contributed by atoms with Crippen LogP contribution < -0.4 is 5.73 Å². The number of halogens is 2. The zero-order valence-corrected chi connectivity index (χ0v) is 12.6. The lowest BCUT2D eigenvalue weighted by molar-refractivity contribution is 0.895. The summed E-state index contributed by atoms with van der Waals surface area (Å²) in [7, 11) is 0. The van der Waals surface area contributed by atoms with Gasteiger partial charge in [0.15, 0.2) is 0 Å². The topological polar surface area (TPSA) is 26.0 Å². The van der Waals surface area contributed by atoms with Crippen LogP contribution in [0, 0.1) is 0 Å². The smallest absolute Gasteiger partial charge is 0.0888 e. The molecule has 0 saturated heterocycles. The van der Waals surface area contributed by atoms with E-state index in [-0.39, 0.29) is 6.04 Å².